The molecule has 0 spiro atoms. The molecule has 0 aromatic heterocycles. The van der Waals surface area contributed by atoms with Crippen molar-refractivity contribution in [2.75, 3.05) is 13.6 Å². The van der Waals surface area contributed by atoms with Crippen molar-refractivity contribution in [2.45, 2.75) is 45.9 Å². The molecule has 24 heavy (non-hydrogen) atoms. The fraction of sp³-hybridized carbons (Fsp3) is 0.474. The van der Waals surface area contributed by atoms with E-state index in [-0.39, 0.29) is 24.1 Å². The number of imide groups is 1. The highest BCUT2D eigenvalue weighted by Crippen LogP contribution is 2.28. The number of allylic oxidation sites excluding steroid dienone is 1. The van der Waals surface area contributed by atoms with Crippen LogP contribution in [0.5, 0.6) is 0 Å². The first kappa shape index (κ1) is 18.2. The first-order chi connectivity index (χ1) is 11.5. The summed E-state index contributed by atoms with van der Waals surface area (Å²) in [5.41, 5.74) is 1.91. The number of carbonyl (C=O) groups excluding carboxylic acids is 2. The molecular formula is C19H26N2O3. The maximum atomic E-state index is 12.3. The molecule has 2 unspecified atom stereocenters. The van der Waals surface area contributed by atoms with Gasteiger partial charge >= 0.3 is 0 Å². The molecular weight excluding hydrogens is 304 g/mol. The fourth-order valence-electron chi connectivity index (χ4n) is 2.96. The average Bonchev–Trinajstić information content (AvgIpc) is 3.16. The Labute approximate surface area is 143 Å². The minimum atomic E-state index is -0.221. The molecule has 0 bridgehead atoms. The molecule has 5 heteroatoms. The van der Waals surface area contributed by atoms with E-state index in [4.69, 9.17) is 4.74 Å². The van der Waals surface area contributed by atoms with Crippen molar-refractivity contribution >= 4 is 11.8 Å². The molecule has 2 atom stereocenters. The molecule has 1 aromatic carbocycles. The monoisotopic (exact) mass is 330 g/mol. The van der Waals surface area contributed by atoms with E-state index < -0.39 is 0 Å². The van der Waals surface area contributed by atoms with Crippen molar-refractivity contribution in [3.63, 3.8) is 0 Å². The highest BCUT2D eigenvalue weighted by molar-refractivity contribution is 6.21. The van der Waals surface area contributed by atoms with Crippen LogP contribution in [0.4, 0.5) is 0 Å². The van der Waals surface area contributed by atoms with E-state index in [1.165, 1.54) is 4.90 Å². The summed E-state index contributed by atoms with van der Waals surface area (Å²) < 4.78 is 5.96. The molecule has 0 saturated carbocycles. The van der Waals surface area contributed by atoms with Crippen LogP contribution in [0.2, 0.25) is 0 Å². The zero-order valence-corrected chi connectivity index (χ0v) is 14.9. The summed E-state index contributed by atoms with van der Waals surface area (Å²) in [5, 5.41) is 0. The second-order valence-electron chi connectivity index (χ2n) is 5.90. The summed E-state index contributed by atoms with van der Waals surface area (Å²) >= 11 is 0. The Morgan fingerprint density at radius 1 is 1.21 bits per heavy atom. The summed E-state index contributed by atoms with van der Waals surface area (Å²) in [6.07, 6.45) is 1.55. The van der Waals surface area contributed by atoms with Gasteiger partial charge in [-0.3, -0.25) is 14.5 Å². The maximum absolute atomic E-state index is 12.3. The quantitative estimate of drug-likeness (QED) is 0.795. The first-order valence-electron chi connectivity index (χ1n) is 8.48. The van der Waals surface area contributed by atoms with E-state index in [0.29, 0.717) is 17.7 Å². The van der Waals surface area contributed by atoms with Crippen molar-refractivity contribution in [3.05, 3.63) is 47.7 Å². The predicted octanol–water partition coefficient (Wildman–Crippen LogP) is 3.28. The van der Waals surface area contributed by atoms with Gasteiger partial charge in [0.25, 0.3) is 11.8 Å². The molecule has 0 N–H and O–H groups in total. The Bertz CT molecular complexity index is 606. The molecule has 1 aromatic rings. The number of amides is 2. The third kappa shape index (κ3) is 3.36. The fourth-order valence-corrected chi connectivity index (χ4v) is 2.96. The Balaban J connectivity index is 0.00000100. The van der Waals surface area contributed by atoms with Gasteiger partial charge in [0.2, 0.25) is 0 Å². The van der Waals surface area contributed by atoms with Crippen LogP contribution >= 0.6 is 0 Å². The molecule has 5 nitrogen and oxygen atoms in total. The number of nitrogens with zero attached hydrogens (tertiary/aromatic N) is 2. The average molecular weight is 330 g/mol. The minimum absolute atomic E-state index is 0.0299. The Kier molecular flexibility index (Phi) is 5.78. The summed E-state index contributed by atoms with van der Waals surface area (Å²) in [5.74, 6) is -0.443. The standard InChI is InChI=1S/C17H20N2O3.C2H6/c1-11(2)18(3)15-9-8-12(22-15)10-19-16(20)13-6-4-5-7-14(13)17(19)21;1-2/h4-7,12,15H,1,8-10H2,2-3H3;1-2H3. The van der Waals surface area contributed by atoms with Crippen LogP contribution in [-0.2, 0) is 4.74 Å². The van der Waals surface area contributed by atoms with Crippen LogP contribution in [0.25, 0.3) is 0 Å². The molecule has 2 aliphatic heterocycles. The van der Waals surface area contributed by atoms with Crippen LogP contribution in [0.1, 0.15) is 54.3 Å². The molecule has 2 aliphatic rings. The van der Waals surface area contributed by atoms with Gasteiger partial charge in [-0.05, 0) is 31.9 Å². The number of benzene rings is 1. The van der Waals surface area contributed by atoms with Crippen molar-refractivity contribution < 1.29 is 14.3 Å². The van der Waals surface area contributed by atoms with E-state index in [0.717, 1.165) is 18.5 Å². The zero-order chi connectivity index (χ0) is 17.9. The molecule has 1 fully saturated rings. The van der Waals surface area contributed by atoms with Gasteiger partial charge < -0.3 is 9.64 Å². The van der Waals surface area contributed by atoms with Gasteiger partial charge in [-0.1, -0.05) is 32.6 Å². The topological polar surface area (TPSA) is 49.9 Å². The van der Waals surface area contributed by atoms with Gasteiger partial charge in [0.15, 0.2) is 0 Å². The third-order valence-electron chi connectivity index (χ3n) is 4.38. The summed E-state index contributed by atoms with van der Waals surface area (Å²) in [4.78, 5) is 28.0. The number of hydrogen-bond acceptors (Lipinski definition) is 4. The van der Waals surface area contributed by atoms with Crippen LogP contribution in [0.3, 0.4) is 0 Å². The molecule has 2 heterocycles. The molecule has 0 radical (unpaired) electrons. The number of rotatable bonds is 4. The van der Waals surface area contributed by atoms with Crippen LogP contribution in [0, 0.1) is 0 Å². The van der Waals surface area contributed by atoms with E-state index >= 15 is 0 Å². The van der Waals surface area contributed by atoms with Crippen molar-refractivity contribution in [2.24, 2.45) is 0 Å². The van der Waals surface area contributed by atoms with Gasteiger partial charge in [0.1, 0.15) is 6.23 Å². The SMILES string of the molecule is C=C(C)N(C)C1CCC(CN2C(=O)c3ccccc3C2=O)O1.CC. The molecule has 1 saturated heterocycles. The van der Waals surface area contributed by atoms with Gasteiger partial charge in [-0.2, -0.15) is 0 Å². The first-order valence-corrected chi connectivity index (χ1v) is 8.48. The van der Waals surface area contributed by atoms with Crippen LogP contribution in [0.15, 0.2) is 36.5 Å². The molecule has 3 rings (SSSR count). The number of hydrogen-bond donors (Lipinski definition) is 0. The van der Waals surface area contributed by atoms with Crippen molar-refractivity contribution in [1.29, 1.82) is 0 Å². The lowest BCUT2D eigenvalue weighted by Gasteiger charge is -2.27. The number of fused-ring (bicyclic) bond motifs is 1. The molecule has 0 aliphatic carbocycles. The van der Waals surface area contributed by atoms with Crippen LogP contribution in [-0.4, -0.2) is 47.5 Å². The Morgan fingerprint density at radius 2 is 1.75 bits per heavy atom. The highest BCUT2D eigenvalue weighted by atomic mass is 16.5. The number of carbonyl (C=O) groups is 2. The van der Waals surface area contributed by atoms with Gasteiger partial charge in [0.05, 0.1) is 23.8 Å². The van der Waals surface area contributed by atoms with E-state index in [2.05, 4.69) is 6.58 Å². The zero-order valence-electron chi connectivity index (χ0n) is 14.9. The van der Waals surface area contributed by atoms with E-state index in [9.17, 15) is 9.59 Å². The lowest BCUT2D eigenvalue weighted by molar-refractivity contribution is -0.0347. The largest absolute Gasteiger partial charge is 0.354 e. The predicted molar refractivity (Wildman–Crippen MR) is 93.6 cm³/mol. The normalized spacial score (nSPS) is 22.1. The van der Waals surface area contributed by atoms with Crippen molar-refractivity contribution in [1.82, 2.24) is 9.80 Å². The van der Waals surface area contributed by atoms with Crippen LogP contribution < -0.4 is 0 Å². The van der Waals surface area contributed by atoms with Crippen molar-refractivity contribution in [3.8, 4) is 0 Å². The summed E-state index contributed by atoms with van der Waals surface area (Å²) in [7, 11) is 1.94. The van der Waals surface area contributed by atoms with E-state index in [1.54, 1.807) is 24.3 Å². The smallest absolute Gasteiger partial charge is 0.261 e. The second-order valence-corrected chi connectivity index (χ2v) is 5.90. The van der Waals surface area contributed by atoms with E-state index in [1.807, 2.05) is 32.7 Å². The Morgan fingerprint density at radius 3 is 2.25 bits per heavy atom. The number of ether oxygens (including phenoxy) is 1. The summed E-state index contributed by atoms with van der Waals surface area (Å²) in [6, 6.07) is 6.94. The lowest BCUT2D eigenvalue weighted by atomic mass is 10.1. The Hall–Kier alpha value is -2.14. The maximum Gasteiger partial charge on any atom is 0.261 e. The van der Waals surface area contributed by atoms with Gasteiger partial charge in [0, 0.05) is 12.7 Å². The lowest BCUT2D eigenvalue weighted by Crippen LogP contribution is -2.38. The summed E-state index contributed by atoms with van der Waals surface area (Å²) in [6.45, 7) is 10.2. The molecule has 2 amide bonds. The highest BCUT2D eigenvalue weighted by Gasteiger charge is 2.38. The second kappa shape index (κ2) is 7.62. The minimum Gasteiger partial charge on any atom is -0.354 e. The van der Waals surface area contributed by atoms with Gasteiger partial charge in [-0.15, -0.1) is 0 Å². The molecule has 130 valence electrons. The van der Waals surface area contributed by atoms with Gasteiger partial charge in [-0.25, -0.2) is 0 Å². The third-order valence-corrected chi connectivity index (χ3v) is 4.38.